The fourth-order valence-electron chi connectivity index (χ4n) is 0.853. The molecule has 4 nitrogen and oxygen atoms in total. The van der Waals surface area contributed by atoms with Crippen LogP contribution in [0.15, 0.2) is 24.5 Å². The van der Waals surface area contributed by atoms with Crippen LogP contribution in [0.25, 0.3) is 6.08 Å². The van der Waals surface area contributed by atoms with E-state index < -0.39 is 5.97 Å². The van der Waals surface area contributed by atoms with Gasteiger partial charge < -0.3 is 10.2 Å². The molecule has 0 aliphatic carbocycles. The van der Waals surface area contributed by atoms with Crippen LogP contribution >= 0.6 is 0 Å². The monoisotopic (exact) mass is 179 g/mol. The summed E-state index contributed by atoms with van der Waals surface area (Å²) < 4.78 is 0. The number of hydrogen-bond acceptors (Lipinski definition) is 3. The third-order valence-electron chi connectivity index (χ3n) is 1.42. The molecule has 0 atom stereocenters. The summed E-state index contributed by atoms with van der Waals surface area (Å²) in [7, 11) is 0. The van der Waals surface area contributed by atoms with E-state index in [4.69, 9.17) is 10.2 Å². The SMILES string of the molecule is O=C(O)/C=C/c1cncc(CO)c1. The number of hydrogen-bond donors (Lipinski definition) is 2. The van der Waals surface area contributed by atoms with Gasteiger partial charge in [0.1, 0.15) is 0 Å². The molecule has 1 heterocycles. The molecule has 1 rings (SSSR count). The molecule has 0 radical (unpaired) electrons. The maximum Gasteiger partial charge on any atom is 0.328 e. The highest BCUT2D eigenvalue weighted by atomic mass is 16.4. The van der Waals surface area contributed by atoms with Crippen LogP contribution in [0.1, 0.15) is 11.1 Å². The maximum atomic E-state index is 10.2. The molecule has 0 saturated carbocycles. The highest BCUT2D eigenvalue weighted by molar-refractivity contribution is 5.85. The van der Waals surface area contributed by atoms with E-state index in [1.54, 1.807) is 6.07 Å². The van der Waals surface area contributed by atoms with Crippen LogP contribution in [0.3, 0.4) is 0 Å². The van der Waals surface area contributed by atoms with Gasteiger partial charge in [-0.3, -0.25) is 4.98 Å². The molecule has 2 N–H and O–H groups in total. The topological polar surface area (TPSA) is 70.4 Å². The molecule has 0 saturated heterocycles. The molecule has 0 unspecified atom stereocenters. The Morgan fingerprint density at radius 3 is 2.92 bits per heavy atom. The van der Waals surface area contributed by atoms with E-state index in [0.29, 0.717) is 11.1 Å². The number of aliphatic hydroxyl groups is 1. The van der Waals surface area contributed by atoms with Gasteiger partial charge in [-0.15, -0.1) is 0 Å². The summed E-state index contributed by atoms with van der Waals surface area (Å²) in [5, 5.41) is 17.1. The first kappa shape index (κ1) is 9.41. The lowest BCUT2D eigenvalue weighted by Gasteiger charge is -1.95. The van der Waals surface area contributed by atoms with Gasteiger partial charge >= 0.3 is 5.97 Å². The predicted molar refractivity (Wildman–Crippen MR) is 46.8 cm³/mol. The highest BCUT2D eigenvalue weighted by Gasteiger charge is 1.93. The van der Waals surface area contributed by atoms with Crippen LogP contribution in [0.4, 0.5) is 0 Å². The molecule has 0 fully saturated rings. The second-order valence-electron chi connectivity index (χ2n) is 2.46. The number of nitrogens with zero attached hydrogens (tertiary/aromatic N) is 1. The number of carboxylic acids is 1. The molecule has 0 spiro atoms. The first-order valence-electron chi connectivity index (χ1n) is 3.68. The van der Waals surface area contributed by atoms with Crippen molar-refractivity contribution in [3.63, 3.8) is 0 Å². The van der Waals surface area contributed by atoms with Crippen molar-refractivity contribution >= 4 is 12.0 Å². The number of carbonyl (C=O) groups is 1. The molecule has 0 aromatic carbocycles. The van der Waals surface area contributed by atoms with E-state index in [9.17, 15) is 4.79 Å². The van der Waals surface area contributed by atoms with Crippen molar-refractivity contribution in [3.05, 3.63) is 35.7 Å². The number of aliphatic carboxylic acids is 1. The number of carboxylic acid groups (broad SMARTS) is 1. The molecule has 13 heavy (non-hydrogen) atoms. The normalized spacial score (nSPS) is 10.5. The van der Waals surface area contributed by atoms with Crippen molar-refractivity contribution in [2.75, 3.05) is 0 Å². The average Bonchev–Trinajstić information content (AvgIpc) is 2.15. The van der Waals surface area contributed by atoms with Gasteiger partial charge in [0, 0.05) is 18.5 Å². The van der Waals surface area contributed by atoms with Crippen molar-refractivity contribution in [2.45, 2.75) is 6.61 Å². The van der Waals surface area contributed by atoms with Crippen LogP contribution < -0.4 is 0 Å². The lowest BCUT2D eigenvalue weighted by atomic mass is 10.2. The molecule has 0 amide bonds. The Morgan fingerprint density at radius 2 is 2.31 bits per heavy atom. The standard InChI is InChI=1S/C9H9NO3/c11-6-8-3-7(4-10-5-8)1-2-9(12)13/h1-5,11H,6H2,(H,12,13)/b2-1+. The van der Waals surface area contributed by atoms with E-state index in [2.05, 4.69) is 4.98 Å². The summed E-state index contributed by atoms with van der Waals surface area (Å²) in [5.41, 5.74) is 1.32. The minimum Gasteiger partial charge on any atom is -0.478 e. The molecule has 0 aliphatic rings. The summed E-state index contributed by atoms with van der Waals surface area (Å²) in [5.74, 6) is -1.01. The summed E-state index contributed by atoms with van der Waals surface area (Å²) in [6, 6.07) is 1.67. The minimum atomic E-state index is -1.01. The smallest absolute Gasteiger partial charge is 0.328 e. The van der Waals surface area contributed by atoms with Gasteiger partial charge in [-0.1, -0.05) is 0 Å². The molecule has 1 aromatic heterocycles. The second kappa shape index (κ2) is 4.37. The van der Waals surface area contributed by atoms with Crippen LogP contribution in [0, 0.1) is 0 Å². The molecule has 0 bridgehead atoms. The van der Waals surface area contributed by atoms with Crippen LogP contribution in [-0.4, -0.2) is 21.2 Å². The summed E-state index contributed by atoms with van der Waals surface area (Å²) in [4.78, 5) is 14.0. The third-order valence-corrected chi connectivity index (χ3v) is 1.42. The van der Waals surface area contributed by atoms with Gasteiger partial charge in [-0.25, -0.2) is 4.79 Å². The van der Waals surface area contributed by atoms with Gasteiger partial charge in [0.25, 0.3) is 0 Å². The third kappa shape index (κ3) is 3.04. The van der Waals surface area contributed by atoms with Crippen molar-refractivity contribution in [1.29, 1.82) is 0 Å². The quantitative estimate of drug-likeness (QED) is 0.669. The number of aromatic nitrogens is 1. The van der Waals surface area contributed by atoms with E-state index in [-0.39, 0.29) is 6.61 Å². The zero-order valence-corrected chi connectivity index (χ0v) is 6.84. The largest absolute Gasteiger partial charge is 0.478 e. The number of rotatable bonds is 3. The second-order valence-corrected chi connectivity index (χ2v) is 2.46. The summed E-state index contributed by atoms with van der Waals surface area (Å²) in [6.45, 7) is -0.0955. The fourth-order valence-corrected chi connectivity index (χ4v) is 0.853. The van der Waals surface area contributed by atoms with Crippen LogP contribution in [0.5, 0.6) is 0 Å². The molecular weight excluding hydrogens is 170 g/mol. The Bertz CT molecular complexity index is 333. The maximum absolute atomic E-state index is 10.2. The minimum absolute atomic E-state index is 0.0955. The van der Waals surface area contributed by atoms with E-state index in [1.165, 1.54) is 18.5 Å². The van der Waals surface area contributed by atoms with Gasteiger partial charge in [0.15, 0.2) is 0 Å². The van der Waals surface area contributed by atoms with Gasteiger partial charge in [0.05, 0.1) is 6.61 Å². The molecule has 0 aliphatic heterocycles. The van der Waals surface area contributed by atoms with E-state index in [0.717, 1.165) is 6.08 Å². The average molecular weight is 179 g/mol. The first-order chi connectivity index (χ1) is 6.22. The summed E-state index contributed by atoms with van der Waals surface area (Å²) in [6.07, 6.45) is 5.50. The Morgan fingerprint density at radius 1 is 1.54 bits per heavy atom. The lowest BCUT2D eigenvalue weighted by Crippen LogP contribution is -1.88. The zero-order valence-electron chi connectivity index (χ0n) is 6.84. The Balaban J connectivity index is 2.83. The van der Waals surface area contributed by atoms with Crippen LogP contribution in [0.2, 0.25) is 0 Å². The molecular formula is C9H9NO3. The fraction of sp³-hybridized carbons (Fsp3) is 0.111. The zero-order chi connectivity index (χ0) is 9.68. The predicted octanol–water partition coefficient (Wildman–Crippen LogP) is 0.672. The Hall–Kier alpha value is -1.68. The highest BCUT2D eigenvalue weighted by Crippen LogP contribution is 2.04. The van der Waals surface area contributed by atoms with Crippen LogP contribution in [-0.2, 0) is 11.4 Å². The first-order valence-corrected chi connectivity index (χ1v) is 3.68. The van der Waals surface area contributed by atoms with Crippen molar-refractivity contribution in [2.24, 2.45) is 0 Å². The Labute approximate surface area is 75.2 Å². The van der Waals surface area contributed by atoms with Gasteiger partial charge in [-0.05, 0) is 23.3 Å². The number of pyridine rings is 1. The van der Waals surface area contributed by atoms with Crippen molar-refractivity contribution in [3.8, 4) is 0 Å². The molecule has 4 heteroatoms. The molecule has 68 valence electrons. The van der Waals surface area contributed by atoms with Gasteiger partial charge in [-0.2, -0.15) is 0 Å². The van der Waals surface area contributed by atoms with Gasteiger partial charge in [0.2, 0.25) is 0 Å². The van der Waals surface area contributed by atoms with Crippen molar-refractivity contribution < 1.29 is 15.0 Å². The number of aliphatic hydroxyl groups excluding tert-OH is 1. The molecule has 1 aromatic rings. The van der Waals surface area contributed by atoms with E-state index in [1.807, 2.05) is 0 Å². The summed E-state index contributed by atoms with van der Waals surface area (Å²) >= 11 is 0. The van der Waals surface area contributed by atoms with Crippen molar-refractivity contribution in [1.82, 2.24) is 4.98 Å². The lowest BCUT2D eigenvalue weighted by molar-refractivity contribution is -0.131. The van der Waals surface area contributed by atoms with E-state index >= 15 is 0 Å². The Kier molecular flexibility index (Phi) is 3.16.